The summed E-state index contributed by atoms with van der Waals surface area (Å²) in [6, 6.07) is 4.66. The smallest absolute Gasteiger partial charge is 0.241 e. The van der Waals surface area contributed by atoms with Crippen molar-refractivity contribution in [2.45, 2.75) is 4.90 Å². The molecule has 0 amide bonds. The third-order valence-electron chi connectivity index (χ3n) is 2.47. The Labute approximate surface area is 128 Å². The Morgan fingerprint density at radius 1 is 1.35 bits per heavy atom. The van der Waals surface area contributed by atoms with Gasteiger partial charge in [0.15, 0.2) is 0 Å². The standard InChI is InChI=1S/C12H20BrN3O3S/c1-16(2)6-8-19-7-5-15-20(17,18)12-9-10(14)3-4-11(12)13/h3-4,9,15H,5-8,14H2,1-2H3. The number of sulfonamides is 1. The summed E-state index contributed by atoms with van der Waals surface area (Å²) in [5.74, 6) is 0. The SMILES string of the molecule is CN(C)CCOCCNS(=O)(=O)c1cc(N)ccc1Br. The van der Waals surface area contributed by atoms with Crippen LogP contribution in [0.3, 0.4) is 0 Å². The molecule has 0 atom stereocenters. The average Bonchev–Trinajstić information content (AvgIpc) is 2.36. The maximum absolute atomic E-state index is 12.1. The average molecular weight is 366 g/mol. The first-order valence-electron chi connectivity index (χ1n) is 6.10. The van der Waals surface area contributed by atoms with Crippen molar-refractivity contribution in [3.63, 3.8) is 0 Å². The van der Waals surface area contributed by atoms with Crippen molar-refractivity contribution in [2.24, 2.45) is 0 Å². The highest BCUT2D eigenvalue weighted by atomic mass is 79.9. The maximum Gasteiger partial charge on any atom is 0.241 e. The zero-order valence-corrected chi connectivity index (χ0v) is 14.0. The van der Waals surface area contributed by atoms with Crippen molar-refractivity contribution in [1.82, 2.24) is 9.62 Å². The maximum atomic E-state index is 12.1. The third-order valence-corrected chi connectivity index (χ3v) is 4.92. The van der Waals surface area contributed by atoms with Gasteiger partial charge in [0, 0.05) is 23.2 Å². The van der Waals surface area contributed by atoms with Crippen molar-refractivity contribution < 1.29 is 13.2 Å². The third kappa shape index (κ3) is 5.76. The van der Waals surface area contributed by atoms with Crippen molar-refractivity contribution in [1.29, 1.82) is 0 Å². The van der Waals surface area contributed by atoms with E-state index in [4.69, 9.17) is 10.5 Å². The Bertz CT molecular complexity index is 535. The van der Waals surface area contributed by atoms with E-state index in [0.717, 1.165) is 6.54 Å². The number of ether oxygens (including phenoxy) is 1. The summed E-state index contributed by atoms with van der Waals surface area (Å²) in [6.07, 6.45) is 0. The molecule has 0 aromatic heterocycles. The molecular formula is C12H20BrN3O3S. The fourth-order valence-electron chi connectivity index (χ4n) is 1.40. The monoisotopic (exact) mass is 365 g/mol. The Morgan fingerprint density at radius 2 is 2.05 bits per heavy atom. The van der Waals surface area contributed by atoms with Crippen LogP contribution >= 0.6 is 15.9 Å². The first kappa shape index (κ1) is 17.4. The van der Waals surface area contributed by atoms with Crippen molar-refractivity contribution in [2.75, 3.05) is 46.1 Å². The summed E-state index contributed by atoms with van der Waals surface area (Å²) < 4.78 is 32.5. The van der Waals surface area contributed by atoms with Gasteiger partial charge >= 0.3 is 0 Å². The number of likely N-dealkylation sites (N-methyl/N-ethyl adjacent to an activating group) is 1. The van der Waals surface area contributed by atoms with E-state index in [-0.39, 0.29) is 11.4 Å². The zero-order valence-electron chi connectivity index (χ0n) is 11.6. The van der Waals surface area contributed by atoms with Gasteiger partial charge in [-0.25, -0.2) is 13.1 Å². The van der Waals surface area contributed by atoms with E-state index in [0.29, 0.717) is 23.4 Å². The Morgan fingerprint density at radius 3 is 2.70 bits per heavy atom. The fourth-order valence-corrected chi connectivity index (χ4v) is 3.41. The second kappa shape index (κ2) is 7.94. The highest BCUT2D eigenvalue weighted by Gasteiger charge is 2.17. The molecule has 1 aromatic carbocycles. The van der Waals surface area contributed by atoms with Crippen LogP contribution in [-0.2, 0) is 14.8 Å². The Kier molecular flexibility index (Phi) is 6.90. The Hall–Kier alpha value is -0.670. The number of nitrogens with zero attached hydrogens (tertiary/aromatic N) is 1. The molecule has 0 aliphatic carbocycles. The molecule has 0 aliphatic rings. The summed E-state index contributed by atoms with van der Waals surface area (Å²) in [6.45, 7) is 1.91. The summed E-state index contributed by atoms with van der Waals surface area (Å²) in [7, 11) is 0.311. The van der Waals surface area contributed by atoms with Gasteiger partial charge in [0.25, 0.3) is 0 Å². The number of halogens is 1. The number of nitrogens with one attached hydrogen (secondary N) is 1. The van der Waals surface area contributed by atoms with E-state index >= 15 is 0 Å². The second-order valence-electron chi connectivity index (χ2n) is 4.50. The molecule has 0 heterocycles. The van der Waals surface area contributed by atoms with Gasteiger partial charge < -0.3 is 15.4 Å². The number of anilines is 1. The number of benzene rings is 1. The molecule has 8 heteroatoms. The predicted molar refractivity (Wildman–Crippen MR) is 83.1 cm³/mol. The number of nitrogen functional groups attached to an aromatic ring is 1. The van der Waals surface area contributed by atoms with Gasteiger partial charge in [-0.2, -0.15) is 0 Å². The van der Waals surface area contributed by atoms with Gasteiger partial charge in [0.05, 0.1) is 18.1 Å². The number of hydrogen-bond donors (Lipinski definition) is 2. The van der Waals surface area contributed by atoms with E-state index in [9.17, 15) is 8.42 Å². The van der Waals surface area contributed by atoms with E-state index in [1.54, 1.807) is 12.1 Å². The molecule has 0 spiro atoms. The minimum absolute atomic E-state index is 0.130. The Balaban J connectivity index is 2.48. The van der Waals surface area contributed by atoms with Crippen LogP contribution in [0.1, 0.15) is 0 Å². The molecule has 0 bridgehead atoms. The summed E-state index contributed by atoms with van der Waals surface area (Å²) in [5, 5.41) is 0. The van der Waals surface area contributed by atoms with Gasteiger partial charge in [-0.3, -0.25) is 0 Å². The van der Waals surface area contributed by atoms with Crippen LogP contribution in [0.15, 0.2) is 27.6 Å². The molecule has 6 nitrogen and oxygen atoms in total. The highest BCUT2D eigenvalue weighted by molar-refractivity contribution is 9.10. The quantitative estimate of drug-likeness (QED) is 0.527. The van der Waals surface area contributed by atoms with Gasteiger partial charge in [-0.05, 0) is 48.2 Å². The molecular weight excluding hydrogens is 346 g/mol. The normalized spacial score (nSPS) is 12.0. The van der Waals surface area contributed by atoms with Crippen LogP contribution in [0.5, 0.6) is 0 Å². The number of nitrogens with two attached hydrogens (primary N) is 1. The zero-order chi connectivity index (χ0) is 15.2. The molecule has 3 N–H and O–H groups in total. The molecule has 114 valence electrons. The van der Waals surface area contributed by atoms with E-state index in [2.05, 4.69) is 20.7 Å². The first-order chi connectivity index (χ1) is 9.33. The number of rotatable bonds is 8. The molecule has 0 aliphatic heterocycles. The fraction of sp³-hybridized carbons (Fsp3) is 0.500. The van der Waals surface area contributed by atoms with Gasteiger partial charge in [-0.15, -0.1) is 0 Å². The number of hydrogen-bond acceptors (Lipinski definition) is 5. The van der Waals surface area contributed by atoms with E-state index in [1.165, 1.54) is 6.07 Å². The minimum atomic E-state index is -3.58. The first-order valence-corrected chi connectivity index (χ1v) is 8.37. The van der Waals surface area contributed by atoms with Gasteiger partial charge in [-0.1, -0.05) is 0 Å². The van der Waals surface area contributed by atoms with Gasteiger partial charge in [0.2, 0.25) is 10.0 Å². The second-order valence-corrected chi connectivity index (χ2v) is 7.09. The van der Waals surface area contributed by atoms with Crippen molar-refractivity contribution >= 4 is 31.6 Å². The molecule has 0 radical (unpaired) electrons. The summed E-state index contributed by atoms with van der Waals surface area (Å²) in [4.78, 5) is 2.12. The summed E-state index contributed by atoms with van der Waals surface area (Å²) >= 11 is 3.20. The van der Waals surface area contributed by atoms with Crippen LogP contribution in [0, 0.1) is 0 Å². The van der Waals surface area contributed by atoms with Crippen LogP contribution in [0.4, 0.5) is 5.69 Å². The minimum Gasteiger partial charge on any atom is -0.399 e. The molecule has 0 unspecified atom stereocenters. The summed E-state index contributed by atoms with van der Waals surface area (Å²) in [5.41, 5.74) is 6.00. The lowest BCUT2D eigenvalue weighted by Gasteiger charge is -2.11. The largest absolute Gasteiger partial charge is 0.399 e. The lowest BCUT2D eigenvalue weighted by molar-refractivity contribution is 0.122. The lowest BCUT2D eigenvalue weighted by Crippen LogP contribution is -2.28. The predicted octanol–water partition coefficient (Wildman–Crippen LogP) is 0.888. The van der Waals surface area contributed by atoms with Crippen LogP contribution < -0.4 is 10.5 Å². The molecule has 20 heavy (non-hydrogen) atoms. The van der Waals surface area contributed by atoms with Crippen molar-refractivity contribution in [3.8, 4) is 0 Å². The molecule has 0 saturated carbocycles. The van der Waals surface area contributed by atoms with Crippen LogP contribution in [0.25, 0.3) is 0 Å². The highest BCUT2D eigenvalue weighted by Crippen LogP contribution is 2.23. The van der Waals surface area contributed by atoms with Crippen LogP contribution in [-0.4, -0.2) is 53.7 Å². The van der Waals surface area contributed by atoms with Crippen molar-refractivity contribution in [3.05, 3.63) is 22.7 Å². The molecule has 1 rings (SSSR count). The topological polar surface area (TPSA) is 84.7 Å². The lowest BCUT2D eigenvalue weighted by atomic mass is 10.3. The molecule has 1 aromatic rings. The molecule has 0 saturated heterocycles. The van der Waals surface area contributed by atoms with E-state index < -0.39 is 10.0 Å². The van der Waals surface area contributed by atoms with Gasteiger partial charge in [0.1, 0.15) is 0 Å². The van der Waals surface area contributed by atoms with E-state index in [1.807, 2.05) is 19.0 Å². The molecule has 0 fully saturated rings. The van der Waals surface area contributed by atoms with Crippen LogP contribution in [0.2, 0.25) is 0 Å².